The third kappa shape index (κ3) is 4.84. The number of carbonyl (C=O) groups is 1. The molecule has 1 aliphatic rings. The summed E-state index contributed by atoms with van der Waals surface area (Å²) in [6, 6.07) is 18.4. The van der Waals surface area contributed by atoms with E-state index in [0.29, 0.717) is 13.0 Å². The van der Waals surface area contributed by atoms with Gasteiger partial charge in [-0.3, -0.25) is 4.79 Å². The zero-order valence-corrected chi connectivity index (χ0v) is 16.7. The number of para-hydroxylation sites is 1. The van der Waals surface area contributed by atoms with Gasteiger partial charge in [0.15, 0.2) is 0 Å². The van der Waals surface area contributed by atoms with E-state index in [4.69, 9.17) is 4.74 Å². The van der Waals surface area contributed by atoms with Gasteiger partial charge in [-0.15, -0.1) is 0 Å². The van der Waals surface area contributed by atoms with Crippen molar-refractivity contribution in [1.29, 1.82) is 0 Å². The van der Waals surface area contributed by atoms with Crippen molar-refractivity contribution >= 4 is 11.6 Å². The smallest absolute Gasteiger partial charge is 0.227 e. The molecule has 0 unspecified atom stereocenters. The molecule has 1 fully saturated rings. The average Bonchev–Trinajstić information content (AvgIpc) is 3.24. The van der Waals surface area contributed by atoms with Crippen LogP contribution < -0.4 is 4.90 Å². The molecule has 1 aliphatic heterocycles. The molecule has 1 aromatic heterocycles. The van der Waals surface area contributed by atoms with Gasteiger partial charge in [0.2, 0.25) is 5.91 Å². The number of anilines is 1. The van der Waals surface area contributed by atoms with Crippen molar-refractivity contribution in [2.75, 3.05) is 38.3 Å². The predicted molar refractivity (Wildman–Crippen MR) is 113 cm³/mol. The van der Waals surface area contributed by atoms with E-state index in [0.717, 1.165) is 43.1 Å². The van der Waals surface area contributed by atoms with Crippen LogP contribution in [-0.4, -0.2) is 53.9 Å². The third-order valence-electron chi connectivity index (χ3n) is 5.17. The lowest BCUT2D eigenvalue weighted by molar-refractivity contribution is -0.129. The van der Waals surface area contributed by atoms with Gasteiger partial charge in [0.25, 0.3) is 0 Å². The van der Waals surface area contributed by atoms with Crippen molar-refractivity contribution < 1.29 is 9.53 Å². The molecule has 0 aliphatic carbocycles. The van der Waals surface area contributed by atoms with Crippen LogP contribution in [0.1, 0.15) is 11.1 Å². The maximum Gasteiger partial charge on any atom is 0.227 e. The van der Waals surface area contributed by atoms with E-state index in [1.807, 2.05) is 43.6 Å². The first-order chi connectivity index (χ1) is 14.2. The standard InChI is InChI=1S/C23H26N4O2/c1-25(17-19-7-9-21(10-8-19)26-11-13-29-14-12-26)23(28)15-20-16-24-27(18-20)22-5-3-2-4-6-22/h2-10,16,18H,11-15,17H2,1H3. The van der Waals surface area contributed by atoms with Crippen LogP contribution in [0.4, 0.5) is 5.69 Å². The van der Waals surface area contributed by atoms with Crippen molar-refractivity contribution in [2.45, 2.75) is 13.0 Å². The van der Waals surface area contributed by atoms with E-state index < -0.39 is 0 Å². The van der Waals surface area contributed by atoms with Gasteiger partial charge >= 0.3 is 0 Å². The second kappa shape index (κ2) is 8.92. The maximum absolute atomic E-state index is 12.6. The Morgan fingerprint density at radius 3 is 2.45 bits per heavy atom. The fourth-order valence-electron chi connectivity index (χ4n) is 3.48. The summed E-state index contributed by atoms with van der Waals surface area (Å²) in [5.74, 6) is 0.0786. The quantitative estimate of drug-likeness (QED) is 0.649. The third-order valence-corrected chi connectivity index (χ3v) is 5.17. The van der Waals surface area contributed by atoms with E-state index in [2.05, 4.69) is 34.3 Å². The number of benzene rings is 2. The molecule has 2 heterocycles. The van der Waals surface area contributed by atoms with Crippen LogP contribution in [0, 0.1) is 0 Å². The van der Waals surface area contributed by atoms with Crippen LogP contribution in [-0.2, 0) is 22.5 Å². The average molecular weight is 390 g/mol. The van der Waals surface area contributed by atoms with Crippen molar-refractivity contribution in [3.63, 3.8) is 0 Å². The minimum Gasteiger partial charge on any atom is -0.378 e. The molecular weight excluding hydrogens is 364 g/mol. The van der Waals surface area contributed by atoms with Gasteiger partial charge in [0.05, 0.1) is 31.5 Å². The summed E-state index contributed by atoms with van der Waals surface area (Å²) in [5.41, 5.74) is 4.23. The van der Waals surface area contributed by atoms with E-state index >= 15 is 0 Å². The van der Waals surface area contributed by atoms with Gasteiger partial charge in [-0.25, -0.2) is 4.68 Å². The highest BCUT2D eigenvalue weighted by Gasteiger charge is 2.14. The highest BCUT2D eigenvalue weighted by molar-refractivity contribution is 5.78. The number of hydrogen-bond donors (Lipinski definition) is 0. The van der Waals surface area contributed by atoms with Crippen LogP contribution >= 0.6 is 0 Å². The second-order valence-electron chi connectivity index (χ2n) is 7.32. The molecule has 150 valence electrons. The van der Waals surface area contributed by atoms with Crippen LogP contribution in [0.25, 0.3) is 5.69 Å². The Bertz CT molecular complexity index is 931. The fourth-order valence-corrected chi connectivity index (χ4v) is 3.48. The fraction of sp³-hybridized carbons (Fsp3) is 0.304. The first kappa shape index (κ1) is 19.2. The van der Waals surface area contributed by atoms with Crippen molar-refractivity contribution in [1.82, 2.24) is 14.7 Å². The van der Waals surface area contributed by atoms with Gasteiger partial charge in [-0.1, -0.05) is 30.3 Å². The van der Waals surface area contributed by atoms with Gasteiger partial charge < -0.3 is 14.5 Å². The normalized spacial score (nSPS) is 14.0. The van der Waals surface area contributed by atoms with Gasteiger partial charge in [-0.05, 0) is 35.4 Å². The van der Waals surface area contributed by atoms with Crippen molar-refractivity contribution in [3.8, 4) is 5.69 Å². The van der Waals surface area contributed by atoms with E-state index in [9.17, 15) is 4.79 Å². The Balaban J connectivity index is 1.33. The number of amides is 1. The Morgan fingerprint density at radius 2 is 1.72 bits per heavy atom. The van der Waals surface area contributed by atoms with Crippen molar-refractivity contribution in [2.24, 2.45) is 0 Å². The topological polar surface area (TPSA) is 50.6 Å². The summed E-state index contributed by atoms with van der Waals surface area (Å²) in [7, 11) is 1.85. The molecule has 0 atom stereocenters. The highest BCUT2D eigenvalue weighted by atomic mass is 16.5. The molecule has 3 aromatic rings. The number of hydrogen-bond acceptors (Lipinski definition) is 4. The van der Waals surface area contributed by atoms with Crippen LogP contribution in [0.15, 0.2) is 67.0 Å². The molecule has 6 nitrogen and oxygen atoms in total. The maximum atomic E-state index is 12.6. The lowest BCUT2D eigenvalue weighted by atomic mass is 10.1. The minimum atomic E-state index is 0.0786. The largest absolute Gasteiger partial charge is 0.378 e. The second-order valence-corrected chi connectivity index (χ2v) is 7.32. The molecule has 6 heteroatoms. The highest BCUT2D eigenvalue weighted by Crippen LogP contribution is 2.17. The number of nitrogens with zero attached hydrogens (tertiary/aromatic N) is 4. The molecular formula is C23H26N4O2. The molecule has 4 rings (SSSR count). The molecule has 0 bridgehead atoms. The molecule has 0 N–H and O–H groups in total. The first-order valence-electron chi connectivity index (χ1n) is 9.93. The number of carbonyl (C=O) groups excluding carboxylic acids is 1. The number of morpholine rings is 1. The predicted octanol–water partition coefficient (Wildman–Crippen LogP) is 2.91. The van der Waals surface area contributed by atoms with Crippen molar-refractivity contribution in [3.05, 3.63) is 78.1 Å². The number of ether oxygens (including phenoxy) is 1. The molecule has 1 saturated heterocycles. The molecule has 2 aromatic carbocycles. The number of aromatic nitrogens is 2. The Morgan fingerprint density at radius 1 is 1.00 bits per heavy atom. The monoisotopic (exact) mass is 390 g/mol. The molecule has 1 amide bonds. The zero-order valence-electron chi connectivity index (χ0n) is 16.7. The van der Waals surface area contributed by atoms with Crippen LogP contribution in [0.5, 0.6) is 0 Å². The SMILES string of the molecule is CN(Cc1ccc(N2CCOCC2)cc1)C(=O)Cc1cnn(-c2ccccc2)c1. The summed E-state index contributed by atoms with van der Waals surface area (Å²) >= 11 is 0. The van der Waals surface area contributed by atoms with E-state index in [-0.39, 0.29) is 5.91 Å². The van der Waals surface area contributed by atoms with E-state index in [1.165, 1.54) is 5.69 Å². The molecule has 0 spiro atoms. The summed E-state index contributed by atoms with van der Waals surface area (Å²) in [5, 5.41) is 4.37. The van der Waals surface area contributed by atoms with Crippen LogP contribution in [0.2, 0.25) is 0 Å². The molecule has 0 saturated carbocycles. The van der Waals surface area contributed by atoms with Gasteiger partial charge in [0, 0.05) is 38.6 Å². The Hall–Kier alpha value is -3.12. The van der Waals surface area contributed by atoms with E-state index in [1.54, 1.807) is 15.8 Å². The number of likely N-dealkylation sites (N-methyl/N-ethyl adjacent to an activating group) is 1. The number of rotatable bonds is 6. The molecule has 0 radical (unpaired) electrons. The minimum absolute atomic E-state index is 0.0786. The van der Waals surface area contributed by atoms with Gasteiger partial charge in [-0.2, -0.15) is 5.10 Å². The Kier molecular flexibility index (Phi) is 5.91. The summed E-state index contributed by atoms with van der Waals surface area (Å²) < 4.78 is 7.21. The van der Waals surface area contributed by atoms with Crippen LogP contribution in [0.3, 0.4) is 0 Å². The lowest BCUT2D eigenvalue weighted by Gasteiger charge is -2.29. The Labute approximate surface area is 171 Å². The summed E-state index contributed by atoms with van der Waals surface area (Å²) in [4.78, 5) is 16.7. The van der Waals surface area contributed by atoms with Gasteiger partial charge in [0.1, 0.15) is 0 Å². The first-order valence-corrected chi connectivity index (χ1v) is 9.93. The lowest BCUT2D eigenvalue weighted by Crippen LogP contribution is -2.36. The zero-order chi connectivity index (χ0) is 20.1. The summed E-state index contributed by atoms with van der Waals surface area (Å²) in [6.07, 6.45) is 4.02. The molecule has 29 heavy (non-hydrogen) atoms. The summed E-state index contributed by atoms with van der Waals surface area (Å²) in [6.45, 7) is 4.00.